The van der Waals surface area contributed by atoms with Crippen molar-refractivity contribution in [2.24, 2.45) is 5.92 Å². The zero-order valence-corrected chi connectivity index (χ0v) is 15.9. The number of nitrogens with zero attached hydrogens (tertiary/aromatic N) is 4. The normalized spacial score (nSPS) is 17.5. The average molecular weight is 377 g/mol. The Labute approximate surface area is 163 Å². The van der Waals surface area contributed by atoms with Gasteiger partial charge in [0.25, 0.3) is 0 Å². The third-order valence-electron chi connectivity index (χ3n) is 5.63. The molecule has 0 unspecified atom stereocenters. The lowest BCUT2D eigenvalue weighted by molar-refractivity contribution is -0.110. The van der Waals surface area contributed by atoms with E-state index in [1.54, 1.807) is 6.20 Å². The second kappa shape index (κ2) is 6.58. The molecule has 144 valence electrons. The van der Waals surface area contributed by atoms with E-state index in [1.165, 1.54) is 12.8 Å². The smallest absolute Gasteiger partial charge is 0.207 e. The van der Waals surface area contributed by atoms with Gasteiger partial charge in [0.05, 0.1) is 41.8 Å². The molecular weight excluding hydrogens is 354 g/mol. The number of rotatable bonds is 8. The maximum atomic E-state index is 11.0. The molecule has 2 saturated carbocycles. The monoisotopic (exact) mass is 377 g/mol. The highest BCUT2D eigenvalue weighted by Gasteiger charge is 2.46. The number of nitrogens with one attached hydrogen (secondary N) is 1. The van der Waals surface area contributed by atoms with Gasteiger partial charge in [-0.25, -0.2) is 0 Å². The number of carbonyl (C=O) groups is 1. The SMILES string of the molecule is Cc1cc(Cn2cc3c(C4(NC=O)CC4)nccc3n2)ncc1OCC1CC1. The van der Waals surface area contributed by atoms with Crippen LogP contribution in [0.4, 0.5) is 0 Å². The van der Waals surface area contributed by atoms with Gasteiger partial charge in [-0.15, -0.1) is 0 Å². The summed E-state index contributed by atoms with van der Waals surface area (Å²) in [4.78, 5) is 20.1. The van der Waals surface area contributed by atoms with Crippen molar-refractivity contribution in [1.29, 1.82) is 0 Å². The van der Waals surface area contributed by atoms with Gasteiger partial charge in [0.1, 0.15) is 5.75 Å². The zero-order chi connectivity index (χ0) is 19.1. The van der Waals surface area contributed by atoms with E-state index in [0.717, 1.165) is 65.4 Å². The third-order valence-corrected chi connectivity index (χ3v) is 5.63. The molecule has 2 fully saturated rings. The van der Waals surface area contributed by atoms with Crippen LogP contribution in [0.15, 0.2) is 30.7 Å². The maximum absolute atomic E-state index is 11.0. The Morgan fingerprint density at radius 3 is 2.93 bits per heavy atom. The molecular formula is C21H23N5O2. The predicted molar refractivity (Wildman–Crippen MR) is 104 cm³/mol. The molecule has 3 heterocycles. The second-order valence-electron chi connectivity index (χ2n) is 7.96. The fourth-order valence-electron chi connectivity index (χ4n) is 3.64. The van der Waals surface area contributed by atoms with Crippen LogP contribution in [0, 0.1) is 12.8 Å². The van der Waals surface area contributed by atoms with E-state index in [2.05, 4.69) is 33.4 Å². The first-order valence-corrected chi connectivity index (χ1v) is 9.79. The van der Waals surface area contributed by atoms with Crippen LogP contribution in [0.1, 0.15) is 42.6 Å². The molecule has 1 amide bonds. The molecule has 28 heavy (non-hydrogen) atoms. The number of fused-ring (bicyclic) bond motifs is 1. The Kier molecular flexibility index (Phi) is 4.03. The fourth-order valence-corrected chi connectivity index (χ4v) is 3.64. The van der Waals surface area contributed by atoms with Crippen LogP contribution >= 0.6 is 0 Å². The van der Waals surface area contributed by atoms with Crippen molar-refractivity contribution in [2.75, 3.05) is 6.61 Å². The largest absolute Gasteiger partial charge is 0.491 e. The number of carbonyl (C=O) groups excluding carboxylic acids is 1. The molecule has 0 radical (unpaired) electrons. The molecule has 0 bridgehead atoms. The highest BCUT2D eigenvalue weighted by atomic mass is 16.5. The van der Waals surface area contributed by atoms with Crippen molar-refractivity contribution >= 4 is 17.3 Å². The zero-order valence-electron chi connectivity index (χ0n) is 15.9. The first-order valence-electron chi connectivity index (χ1n) is 9.79. The minimum Gasteiger partial charge on any atom is -0.491 e. The van der Waals surface area contributed by atoms with Crippen LogP contribution in [0.5, 0.6) is 5.75 Å². The first kappa shape index (κ1) is 17.2. The summed E-state index contributed by atoms with van der Waals surface area (Å²) >= 11 is 0. The third kappa shape index (κ3) is 3.21. The summed E-state index contributed by atoms with van der Waals surface area (Å²) in [5.74, 6) is 1.59. The van der Waals surface area contributed by atoms with Crippen LogP contribution in [-0.4, -0.2) is 32.8 Å². The summed E-state index contributed by atoms with van der Waals surface area (Å²) in [6.45, 7) is 3.42. The number of ether oxygens (including phenoxy) is 1. The van der Waals surface area contributed by atoms with Crippen LogP contribution in [0.3, 0.4) is 0 Å². The minimum atomic E-state index is -0.329. The molecule has 0 spiro atoms. The van der Waals surface area contributed by atoms with Crippen molar-refractivity contribution in [3.8, 4) is 5.75 Å². The van der Waals surface area contributed by atoms with Gasteiger partial charge in [0.15, 0.2) is 0 Å². The van der Waals surface area contributed by atoms with E-state index in [9.17, 15) is 4.79 Å². The van der Waals surface area contributed by atoms with E-state index in [-0.39, 0.29) is 5.54 Å². The van der Waals surface area contributed by atoms with Gasteiger partial charge in [0, 0.05) is 17.8 Å². The first-order chi connectivity index (χ1) is 13.7. The molecule has 3 aromatic heterocycles. The highest BCUT2D eigenvalue weighted by molar-refractivity contribution is 5.82. The summed E-state index contributed by atoms with van der Waals surface area (Å²) in [6.07, 6.45) is 10.7. The molecule has 7 heteroatoms. The van der Waals surface area contributed by atoms with Gasteiger partial charge in [-0.1, -0.05) is 0 Å². The van der Waals surface area contributed by atoms with Gasteiger partial charge in [-0.05, 0) is 56.2 Å². The molecule has 0 saturated heterocycles. The van der Waals surface area contributed by atoms with Gasteiger partial charge in [0.2, 0.25) is 6.41 Å². The lowest BCUT2D eigenvalue weighted by Crippen LogP contribution is -2.28. The summed E-state index contributed by atoms with van der Waals surface area (Å²) < 4.78 is 7.76. The van der Waals surface area contributed by atoms with Crippen LogP contribution in [0.2, 0.25) is 0 Å². The van der Waals surface area contributed by atoms with Crippen LogP contribution < -0.4 is 10.1 Å². The summed E-state index contributed by atoms with van der Waals surface area (Å²) in [6, 6.07) is 3.96. The number of hydrogen-bond acceptors (Lipinski definition) is 5. The van der Waals surface area contributed by atoms with Gasteiger partial charge in [-0.2, -0.15) is 5.10 Å². The van der Waals surface area contributed by atoms with E-state index >= 15 is 0 Å². The van der Waals surface area contributed by atoms with E-state index in [4.69, 9.17) is 4.74 Å². The number of aryl methyl sites for hydroxylation is 1. The molecule has 0 aromatic carbocycles. The quantitative estimate of drug-likeness (QED) is 0.611. The number of amides is 1. The van der Waals surface area contributed by atoms with Crippen LogP contribution in [0.25, 0.3) is 10.9 Å². The summed E-state index contributed by atoms with van der Waals surface area (Å²) in [7, 11) is 0. The molecule has 3 aromatic rings. The number of pyridine rings is 2. The lowest BCUT2D eigenvalue weighted by Gasteiger charge is -2.13. The van der Waals surface area contributed by atoms with Gasteiger partial charge < -0.3 is 10.1 Å². The standard InChI is InChI=1S/C21H23N5O2/c1-14-8-16(23-9-19(14)28-12-15-2-3-15)10-26-11-17-18(25-26)4-7-22-20(17)21(5-6-21)24-13-27/h4,7-9,11,13,15H,2-3,5-6,10,12H2,1H3,(H,24,27). The van der Waals surface area contributed by atoms with Gasteiger partial charge >= 0.3 is 0 Å². The molecule has 0 atom stereocenters. The van der Waals surface area contributed by atoms with Crippen molar-refractivity contribution in [1.82, 2.24) is 25.1 Å². The average Bonchev–Trinajstić information content (AvgIpc) is 3.60. The van der Waals surface area contributed by atoms with E-state index < -0.39 is 0 Å². The van der Waals surface area contributed by atoms with E-state index in [0.29, 0.717) is 6.54 Å². The molecule has 1 N–H and O–H groups in total. The number of aromatic nitrogens is 4. The molecule has 2 aliphatic carbocycles. The Morgan fingerprint density at radius 1 is 1.36 bits per heavy atom. The Morgan fingerprint density at radius 2 is 2.21 bits per heavy atom. The van der Waals surface area contributed by atoms with Crippen molar-refractivity contribution in [3.05, 3.63) is 47.7 Å². The molecule has 5 rings (SSSR count). The predicted octanol–water partition coefficient (Wildman–Crippen LogP) is 2.71. The Hall–Kier alpha value is -2.96. The maximum Gasteiger partial charge on any atom is 0.207 e. The van der Waals surface area contributed by atoms with Crippen molar-refractivity contribution in [2.45, 2.75) is 44.7 Å². The number of hydrogen-bond donors (Lipinski definition) is 1. The molecule has 0 aliphatic heterocycles. The fraction of sp³-hybridized carbons (Fsp3) is 0.429. The Balaban J connectivity index is 1.38. The summed E-state index contributed by atoms with van der Waals surface area (Å²) in [5.41, 5.74) is 3.48. The lowest BCUT2D eigenvalue weighted by atomic mass is 10.1. The minimum absolute atomic E-state index is 0.329. The van der Waals surface area contributed by atoms with Crippen molar-refractivity contribution in [3.63, 3.8) is 0 Å². The topological polar surface area (TPSA) is 81.9 Å². The van der Waals surface area contributed by atoms with E-state index in [1.807, 2.05) is 23.1 Å². The molecule has 2 aliphatic rings. The second-order valence-corrected chi connectivity index (χ2v) is 7.96. The Bertz CT molecular complexity index is 1040. The highest BCUT2D eigenvalue weighted by Crippen LogP contribution is 2.46. The summed E-state index contributed by atoms with van der Waals surface area (Å²) in [5, 5.41) is 8.59. The van der Waals surface area contributed by atoms with Crippen molar-refractivity contribution < 1.29 is 9.53 Å². The molecule has 7 nitrogen and oxygen atoms in total. The van der Waals surface area contributed by atoms with Gasteiger partial charge in [-0.3, -0.25) is 19.4 Å². The van der Waals surface area contributed by atoms with Crippen LogP contribution in [-0.2, 0) is 16.9 Å².